The minimum absolute atomic E-state index is 0.430. The van der Waals surface area contributed by atoms with Gasteiger partial charge in [0.15, 0.2) is 22.8 Å². The Bertz CT molecular complexity index is 1380. The zero-order chi connectivity index (χ0) is 22.6. The monoisotopic (exact) mass is 456 g/mol. The molecule has 0 saturated carbocycles. The molecule has 0 bridgehead atoms. The van der Waals surface area contributed by atoms with Crippen molar-refractivity contribution < 1.29 is 9.53 Å². The number of primary amides is 1. The molecule has 5 aromatic rings. The van der Waals surface area contributed by atoms with Gasteiger partial charge in [0.05, 0.1) is 12.2 Å². The van der Waals surface area contributed by atoms with Crippen molar-refractivity contribution in [3.05, 3.63) is 83.3 Å². The van der Waals surface area contributed by atoms with Crippen LogP contribution in [0, 0.1) is 0 Å². The van der Waals surface area contributed by atoms with Crippen LogP contribution in [0.25, 0.3) is 28.2 Å². The van der Waals surface area contributed by atoms with E-state index >= 15 is 0 Å². The summed E-state index contributed by atoms with van der Waals surface area (Å²) in [7, 11) is 0. The molecule has 9 heteroatoms. The van der Waals surface area contributed by atoms with Crippen LogP contribution in [0.5, 0.6) is 5.75 Å². The van der Waals surface area contributed by atoms with Crippen LogP contribution in [0.3, 0.4) is 0 Å². The van der Waals surface area contributed by atoms with E-state index in [2.05, 4.69) is 10.3 Å². The average molecular weight is 457 g/mol. The summed E-state index contributed by atoms with van der Waals surface area (Å²) in [4.78, 5) is 25.5. The molecule has 0 aliphatic carbocycles. The predicted octanol–water partition coefficient (Wildman–Crippen LogP) is 4.13. The number of carbonyl (C=O) groups is 1. The fourth-order valence-electron chi connectivity index (χ4n) is 3.37. The van der Waals surface area contributed by atoms with Crippen LogP contribution >= 0.6 is 11.3 Å². The van der Waals surface area contributed by atoms with Gasteiger partial charge < -0.3 is 15.8 Å². The number of benzene rings is 2. The maximum absolute atomic E-state index is 11.4. The molecule has 0 fully saturated rings. The number of aromatic nitrogens is 4. The SMILES string of the molecule is NC(=O)c1ccc(-c2nc(NCCOc3ccccc3)c3ncn(-c4ccsc4)c3n2)cc1. The molecule has 0 saturated heterocycles. The maximum atomic E-state index is 11.4. The lowest BCUT2D eigenvalue weighted by Gasteiger charge is -2.11. The highest BCUT2D eigenvalue weighted by atomic mass is 32.1. The molecular weight excluding hydrogens is 436 g/mol. The number of anilines is 1. The Hall–Kier alpha value is -4.24. The molecule has 33 heavy (non-hydrogen) atoms. The van der Waals surface area contributed by atoms with Crippen LogP contribution < -0.4 is 15.8 Å². The summed E-state index contributed by atoms with van der Waals surface area (Å²) in [5.74, 6) is 1.46. The predicted molar refractivity (Wildman–Crippen MR) is 129 cm³/mol. The molecule has 3 aromatic heterocycles. The number of hydrogen-bond acceptors (Lipinski definition) is 7. The first-order chi connectivity index (χ1) is 16.2. The van der Waals surface area contributed by atoms with Crippen molar-refractivity contribution in [1.29, 1.82) is 0 Å². The number of nitrogens with zero attached hydrogens (tertiary/aromatic N) is 4. The van der Waals surface area contributed by atoms with Gasteiger partial charge in [-0.25, -0.2) is 15.0 Å². The van der Waals surface area contributed by atoms with Crippen molar-refractivity contribution in [2.45, 2.75) is 0 Å². The first-order valence-electron chi connectivity index (χ1n) is 10.3. The Morgan fingerprint density at radius 2 is 1.88 bits per heavy atom. The molecule has 0 radical (unpaired) electrons. The summed E-state index contributed by atoms with van der Waals surface area (Å²) < 4.78 is 7.71. The second kappa shape index (κ2) is 9.09. The van der Waals surface area contributed by atoms with Crippen molar-refractivity contribution in [3.8, 4) is 22.8 Å². The van der Waals surface area contributed by atoms with Gasteiger partial charge in [0, 0.05) is 16.5 Å². The number of rotatable bonds is 8. The number of amides is 1. The lowest BCUT2D eigenvalue weighted by atomic mass is 10.1. The number of nitrogens with one attached hydrogen (secondary N) is 1. The normalized spacial score (nSPS) is 10.9. The van der Waals surface area contributed by atoms with Crippen molar-refractivity contribution in [3.63, 3.8) is 0 Å². The van der Waals surface area contributed by atoms with Crippen LogP contribution in [0.4, 0.5) is 5.82 Å². The van der Waals surface area contributed by atoms with Crippen LogP contribution in [0.1, 0.15) is 10.4 Å². The number of imidazole rings is 1. The van der Waals surface area contributed by atoms with Crippen LogP contribution in [0.2, 0.25) is 0 Å². The van der Waals surface area contributed by atoms with Gasteiger partial charge in [0.2, 0.25) is 5.91 Å². The highest BCUT2D eigenvalue weighted by Crippen LogP contribution is 2.27. The number of nitrogens with two attached hydrogens (primary N) is 1. The second-order valence-corrected chi connectivity index (χ2v) is 7.97. The van der Waals surface area contributed by atoms with Gasteiger partial charge in [0.1, 0.15) is 18.7 Å². The zero-order valence-corrected chi connectivity index (χ0v) is 18.3. The van der Waals surface area contributed by atoms with E-state index in [1.807, 2.05) is 51.7 Å². The summed E-state index contributed by atoms with van der Waals surface area (Å²) in [6.07, 6.45) is 1.74. The van der Waals surface area contributed by atoms with Gasteiger partial charge in [-0.1, -0.05) is 30.3 Å². The number of ether oxygens (including phenoxy) is 1. The largest absolute Gasteiger partial charge is 0.492 e. The second-order valence-electron chi connectivity index (χ2n) is 7.19. The van der Waals surface area contributed by atoms with Gasteiger partial charge in [-0.15, -0.1) is 0 Å². The zero-order valence-electron chi connectivity index (χ0n) is 17.5. The van der Waals surface area contributed by atoms with Crippen molar-refractivity contribution in [2.24, 2.45) is 5.73 Å². The van der Waals surface area contributed by atoms with E-state index in [1.54, 1.807) is 41.9 Å². The van der Waals surface area contributed by atoms with E-state index in [9.17, 15) is 4.79 Å². The molecule has 5 rings (SSSR count). The maximum Gasteiger partial charge on any atom is 0.248 e. The summed E-state index contributed by atoms with van der Waals surface area (Å²) >= 11 is 1.60. The summed E-state index contributed by atoms with van der Waals surface area (Å²) in [5, 5.41) is 7.37. The smallest absolute Gasteiger partial charge is 0.248 e. The van der Waals surface area contributed by atoms with Gasteiger partial charge in [-0.3, -0.25) is 9.36 Å². The molecule has 0 aliphatic rings. The molecule has 3 heterocycles. The molecule has 0 aliphatic heterocycles. The van der Waals surface area contributed by atoms with E-state index in [1.165, 1.54) is 0 Å². The Kier molecular flexibility index (Phi) is 5.69. The average Bonchev–Trinajstić information content (AvgIpc) is 3.52. The Balaban J connectivity index is 1.47. The third kappa shape index (κ3) is 4.39. The first kappa shape index (κ1) is 20.7. The number of fused-ring (bicyclic) bond motifs is 1. The molecule has 0 unspecified atom stereocenters. The van der Waals surface area contributed by atoms with E-state index in [-0.39, 0.29) is 0 Å². The van der Waals surface area contributed by atoms with Crippen LogP contribution in [-0.2, 0) is 0 Å². The Morgan fingerprint density at radius 3 is 2.61 bits per heavy atom. The van der Waals surface area contributed by atoms with E-state index in [4.69, 9.17) is 20.4 Å². The van der Waals surface area contributed by atoms with Crippen LogP contribution in [0.15, 0.2) is 77.8 Å². The lowest BCUT2D eigenvalue weighted by Crippen LogP contribution is -2.13. The molecule has 2 aromatic carbocycles. The first-order valence-corrected chi connectivity index (χ1v) is 11.2. The molecule has 3 N–H and O–H groups in total. The fourth-order valence-corrected chi connectivity index (χ4v) is 4.00. The third-order valence-electron chi connectivity index (χ3n) is 5.01. The third-order valence-corrected chi connectivity index (χ3v) is 5.69. The fraction of sp³-hybridized carbons (Fsp3) is 0.0833. The van der Waals surface area contributed by atoms with Gasteiger partial charge in [-0.2, -0.15) is 11.3 Å². The molecule has 8 nitrogen and oxygen atoms in total. The van der Waals surface area contributed by atoms with Crippen LogP contribution in [-0.4, -0.2) is 38.6 Å². The number of thiophene rings is 1. The molecular formula is C24H20N6O2S. The van der Waals surface area contributed by atoms with Gasteiger partial charge in [0.25, 0.3) is 0 Å². The van der Waals surface area contributed by atoms with Crippen molar-refractivity contribution >= 4 is 34.2 Å². The highest BCUT2D eigenvalue weighted by Gasteiger charge is 2.16. The molecule has 0 spiro atoms. The summed E-state index contributed by atoms with van der Waals surface area (Å²) in [6, 6.07) is 18.6. The Morgan fingerprint density at radius 1 is 1.06 bits per heavy atom. The standard InChI is InChI=1S/C24H20N6O2S/c25-21(31)16-6-8-17(9-7-16)22-28-23(26-11-12-32-19-4-2-1-3-5-19)20-24(29-22)30(15-27-20)18-10-13-33-14-18/h1-10,13-15H,11-12H2,(H2,25,31)(H,26,28,29). The topological polar surface area (TPSA) is 108 Å². The number of hydrogen-bond donors (Lipinski definition) is 2. The van der Waals surface area contributed by atoms with Crippen molar-refractivity contribution in [2.75, 3.05) is 18.5 Å². The molecule has 164 valence electrons. The minimum atomic E-state index is -0.478. The van der Waals surface area contributed by atoms with E-state index in [0.29, 0.717) is 41.5 Å². The molecule has 1 amide bonds. The number of carbonyl (C=O) groups excluding carboxylic acids is 1. The summed E-state index contributed by atoms with van der Waals surface area (Å²) in [5.41, 5.74) is 8.90. The van der Waals surface area contributed by atoms with Gasteiger partial charge >= 0.3 is 0 Å². The number of para-hydroxylation sites is 1. The molecule has 0 atom stereocenters. The van der Waals surface area contributed by atoms with Gasteiger partial charge in [-0.05, 0) is 35.7 Å². The van der Waals surface area contributed by atoms with Crippen molar-refractivity contribution in [1.82, 2.24) is 19.5 Å². The summed E-state index contributed by atoms with van der Waals surface area (Å²) in [6.45, 7) is 0.996. The van der Waals surface area contributed by atoms with E-state index < -0.39 is 5.91 Å². The quantitative estimate of drug-likeness (QED) is 0.340. The minimum Gasteiger partial charge on any atom is -0.492 e. The van der Waals surface area contributed by atoms with E-state index in [0.717, 1.165) is 17.0 Å². The Labute approximate surface area is 193 Å². The lowest BCUT2D eigenvalue weighted by molar-refractivity contribution is 0.100. The highest BCUT2D eigenvalue weighted by molar-refractivity contribution is 7.08.